The van der Waals surface area contributed by atoms with E-state index in [9.17, 15) is 13.2 Å². The maximum Gasteiger partial charge on any atom is 0.238 e. The van der Waals surface area contributed by atoms with Gasteiger partial charge >= 0.3 is 0 Å². The first-order valence-electron chi connectivity index (χ1n) is 10.2. The summed E-state index contributed by atoms with van der Waals surface area (Å²) in [5.41, 5.74) is 3.28. The number of hydrogen-bond donors (Lipinski definition) is 2. The topological polar surface area (TPSA) is 92.5 Å². The molecule has 0 fully saturated rings. The third kappa shape index (κ3) is 6.93. The van der Waals surface area contributed by atoms with Crippen molar-refractivity contribution in [3.8, 4) is 0 Å². The van der Waals surface area contributed by atoms with Gasteiger partial charge in [0.05, 0.1) is 17.5 Å². The normalized spacial score (nSPS) is 14.0. The second kappa shape index (κ2) is 10.2. The number of nitrogens with two attached hydrogens (primary N) is 1. The van der Waals surface area contributed by atoms with E-state index < -0.39 is 10.0 Å². The molecule has 0 spiro atoms. The Balaban J connectivity index is 1.93. The van der Waals surface area contributed by atoms with Crippen molar-refractivity contribution in [1.29, 1.82) is 0 Å². The summed E-state index contributed by atoms with van der Waals surface area (Å²) in [5.74, 6) is 0.547. The molecular formula is C23H33N3O3S. The Kier molecular flexibility index (Phi) is 8.18. The SMILES string of the molecule is CC(C)Cc1ccc(C(C)NC(=O)CN(C)C(C)c2ccc(S(N)(=O)=O)cc2)cc1. The second-order valence-electron chi connectivity index (χ2n) is 8.33. The lowest BCUT2D eigenvalue weighted by atomic mass is 10.00. The Morgan fingerprint density at radius 1 is 0.967 bits per heavy atom. The van der Waals surface area contributed by atoms with Gasteiger partial charge in [0, 0.05) is 6.04 Å². The largest absolute Gasteiger partial charge is 0.348 e. The van der Waals surface area contributed by atoms with Crippen LogP contribution in [0.3, 0.4) is 0 Å². The molecule has 0 aliphatic carbocycles. The highest BCUT2D eigenvalue weighted by Crippen LogP contribution is 2.20. The van der Waals surface area contributed by atoms with E-state index in [0.29, 0.717) is 5.92 Å². The molecule has 3 N–H and O–H groups in total. The second-order valence-corrected chi connectivity index (χ2v) is 9.90. The number of hydrogen-bond acceptors (Lipinski definition) is 4. The molecule has 2 aromatic rings. The molecule has 1 amide bonds. The van der Waals surface area contributed by atoms with Gasteiger partial charge in [-0.3, -0.25) is 9.69 Å². The lowest BCUT2D eigenvalue weighted by molar-refractivity contribution is -0.123. The Bertz CT molecular complexity index is 939. The van der Waals surface area contributed by atoms with Crippen LogP contribution in [-0.4, -0.2) is 32.8 Å². The molecule has 0 aliphatic heterocycles. The number of nitrogens with one attached hydrogen (secondary N) is 1. The molecule has 0 saturated carbocycles. The van der Waals surface area contributed by atoms with Crippen molar-refractivity contribution >= 4 is 15.9 Å². The number of carbonyl (C=O) groups is 1. The van der Waals surface area contributed by atoms with Gasteiger partial charge in [-0.1, -0.05) is 50.2 Å². The van der Waals surface area contributed by atoms with Crippen molar-refractivity contribution in [2.24, 2.45) is 11.1 Å². The maximum atomic E-state index is 12.5. The summed E-state index contributed by atoms with van der Waals surface area (Å²) in [6.45, 7) is 8.57. The van der Waals surface area contributed by atoms with E-state index in [1.807, 2.05) is 25.8 Å². The molecule has 2 atom stereocenters. The molecule has 164 valence electrons. The molecule has 0 aromatic heterocycles. The summed E-state index contributed by atoms with van der Waals surface area (Å²) in [5, 5.41) is 8.19. The summed E-state index contributed by atoms with van der Waals surface area (Å²) in [4.78, 5) is 14.5. The van der Waals surface area contributed by atoms with Crippen molar-refractivity contribution in [2.45, 2.75) is 51.1 Å². The minimum Gasteiger partial charge on any atom is -0.348 e. The fourth-order valence-electron chi connectivity index (χ4n) is 3.34. The predicted molar refractivity (Wildman–Crippen MR) is 120 cm³/mol. The number of nitrogens with zero attached hydrogens (tertiary/aromatic N) is 1. The van der Waals surface area contributed by atoms with Crippen molar-refractivity contribution in [3.63, 3.8) is 0 Å². The van der Waals surface area contributed by atoms with Gasteiger partial charge in [0.25, 0.3) is 0 Å². The van der Waals surface area contributed by atoms with E-state index >= 15 is 0 Å². The molecule has 2 unspecified atom stereocenters. The zero-order valence-corrected chi connectivity index (χ0v) is 19.2. The number of primary sulfonamides is 1. The molecule has 6 nitrogen and oxygen atoms in total. The molecule has 0 saturated heterocycles. The minimum atomic E-state index is -3.71. The van der Waals surface area contributed by atoms with Gasteiger partial charge in [0.1, 0.15) is 0 Å². The molecular weight excluding hydrogens is 398 g/mol. The van der Waals surface area contributed by atoms with Gasteiger partial charge in [-0.15, -0.1) is 0 Å². The van der Waals surface area contributed by atoms with Crippen LogP contribution < -0.4 is 10.5 Å². The molecule has 2 aromatic carbocycles. The predicted octanol–water partition coefficient (Wildman–Crippen LogP) is 3.40. The number of likely N-dealkylation sites (N-methyl/N-ethyl adjacent to an activating group) is 1. The van der Waals surface area contributed by atoms with Crippen LogP contribution in [0.2, 0.25) is 0 Å². The van der Waals surface area contributed by atoms with Gasteiger partial charge in [-0.25, -0.2) is 13.6 Å². The van der Waals surface area contributed by atoms with E-state index in [2.05, 4.69) is 43.4 Å². The molecule has 30 heavy (non-hydrogen) atoms. The summed E-state index contributed by atoms with van der Waals surface area (Å²) >= 11 is 0. The summed E-state index contributed by atoms with van der Waals surface area (Å²) in [7, 11) is -1.85. The number of carbonyl (C=O) groups excluding carboxylic acids is 1. The van der Waals surface area contributed by atoms with Crippen LogP contribution >= 0.6 is 0 Å². The summed E-state index contributed by atoms with van der Waals surface area (Å²) in [6.07, 6.45) is 1.04. The lowest BCUT2D eigenvalue weighted by Crippen LogP contribution is -2.37. The van der Waals surface area contributed by atoms with Gasteiger partial charge in [0.2, 0.25) is 15.9 Å². The first kappa shape index (κ1) is 24.1. The van der Waals surface area contributed by atoms with Crippen molar-refractivity contribution < 1.29 is 13.2 Å². The van der Waals surface area contributed by atoms with Crippen LogP contribution in [-0.2, 0) is 21.2 Å². The first-order valence-corrected chi connectivity index (χ1v) is 11.7. The molecule has 0 radical (unpaired) electrons. The average molecular weight is 432 g/mol. The van der Waals surface area contributed by atoms with Gasteiger partial charge in [0.15, 0.2) is 0 Å². The zero-order valence-electron chi connectivity index (χ0n) is 18.4. The zero-order chi connectivity index (χ0) is 22.5. The van der Waals surface area contributed by atoms with Gasteiger partial charge in [-0.2, -0.15) is 0 Å². The fourth-order valence-corrected chi connectivity index (χ4v) is 3.85. The number of amides is 1. The third-order valence-electron chi connectivity index (χ3n) is 5.25. The van der Waals surface area contributed by atoms with Crippen molar-refractivity contribution in [2.75, 3.05) is 13.6 Å². The highest BCUT2D eigenvalue weighted by molar-refractivity contribution is 7.89. The highest BCUT2D eigenvalue weighted by Gasteiger charge is 2.17. The Labute approximate surface area is 180 Å². The van der Waals surface area contributed by atoms with Gasteiger partial charge in [-0.05, 0) is 62.1 Å². The van der Waals surface area contributed by atoms with Crippen LogP contribution in [0.5, 0.6) is 0 Å². The average Bonchev–Trinajstić information content (AvgIpc) is 2.66. The van der Waals surface area contributed by atoms with Crippen molar-refractivity contribution in [3.05, 3.63) is 65.2 Å². The first-order chi connectivity index (χ1) is 14.0. The smallest absolute Gasteiger partial charge is 0.238 e. The Morgan fingerprint density at radius 3 is 2.00 bits per heavy atom. The molecule has 0 aliphatic rings. The minimum absolute atomic E-state index is 0.0594. The quantitative estimate of drug-likeness (QED) is 0.636. The summed E-state index contributed by atoms with van der Waals surface area (Å²) < 4.78 is 22.8. The van der Waals surface area contributed by atoms with E-state index in [4.69, 9.17) is 5.14 Å². The number of benzene rings is 2. The fraction of sp³-hybridized carbons (Fsp3) is 0.435. The van der Waals surface area contributed by atoms with E-state index in [1.165, 1.54) is 17.7 Å². The van der Waals surface area contributed by atoms with Crippen LogP contribution in [0, 0.1) is 5.92 Å². The van der Waals surface area contributed by atoms with Gasteiger partial charge < -0.3 is 5.32 Å². The number of rotatable bonds is 9. The van der Waals surface area contributed by atoms with Crippen LogP contribution in [0.15, 0.2) is 53.4 Å². The van der Waals surface area contributed by atoms with Crippen LogP contribution in [0.1, 0.15) is 56.5 Å². The monoisotopic (exact) mass is 431 g/mol. The van der Waals surface area contributed by atoms with E-state index in [0.717, 1.165) is 17.5 Å². The number of sulfonamides is 1. The van der Waals surface area contributed by atoms with E-state index in [1.54, 1.807) is 12.1 Å². The van der Waals surface area contributed by atoms with Crippen molar-refractivity contribution in [1.82, 2.24) is 10.2 Å². The lowest BCUT2D eigenvalue weighted by Gasteiger charge is -2.25. The molecule has 0 heterocycles. The Hall–Kier alpha value is -2.22. The molecule has 7 heteroatoms. The van der Waals surface area contributed by atoms with Crippen LogP contribution in [0.25, 0.3) is 0 Å². The molecule has 2 rings (SSSR count). The third-order valence-corrected chi connectivity index (χ3v) is 6.18. The standard InChI is InChI=1S/C23H33N3O3S/c1-16(2)14-19-6-8-20(9-7-19)17(3)25-23(27)15-26(5)18(4)21-10-12-22(13-11-21)30(24,28)29/h6-13,16-18H,14-15H2,1-5H3,(H,25,27)(H2,24,28,29). The summed E-state index contributed by atoms with van der Waals surface area (Å²) in [6, 6.07) is 14.7. The molecule has 0 bridgehead atoms. The Morgan fingerprint density at radius 2 is 1.50 bits per heavy atom. The highest BCUT2D eigenvalue weighted by atomic mass is 32.2. The maximum absolute atomic E-state index is 12.5. The van der Waals surface area contributed by atoms with E-state index in [-0.39, 0.29) is 29.4 Å². The van der Waals surface area contributed by atoms with Crippen LogP contribution in [0.4, 0.5) is 0 Å².